The summed E-state index contributed by atoms with van der Waals surface area (Å²) in [5.74, 6) is -3.27. The van der Waals surface area contributed by atoms with Crippen LogP contribution in [-0.4, -0.2) is 235 Å². The largest absolute Gasteiger partial charge is 0.507 e. The first-order valence-electron chi connectivity index (χ1n) is 29.6. The van der Waals surface area contributed by atoms with E-state index >= 15 is 0 Å². The average Bonchev–Trinajstić information content (AvgIpc) is 0.763. The van der Waals surface area contributed by atoms with Crippen molar-refractivity contribution in [2.45, 2.75) is 152 Å². The van der Waals surface area contributed by atoms with E-state index in [4.69, 9.17) is 42.5 Å². The topological polar surface area (TPSA) is 590 Å². The van der Waals surface area contributed by atoms with Gasteiger partial charge in [-0.05, 0) is 76.4 Å². The Kier molecular flexibility index (Phi) is 26.9. The molecule has 6 heterocycles. The molecule has 3 aliphatic rings. The Morgan fingerprint density at radius 1 is 0.474 bits per heavy atom. The van der Waals surface area contributed by atoms with Crippen LogP contribution in [0.3, 0.4) is 0 Å². The Balaban J connectivity index is 0.000000222. The predicted octanol–water partition coefficient (Wildman–Crippen LogP) is -2.65. The molecule has 34 nitrogen and oxygen atoms in total. The number of phenolic OH excluding ortho intramolecular Hbond substituents is 3. The second-order valence-electron chi connectivity index (χ2n) is 23.0. The van der Waals surface area contributed by atoms with Crippen LogP contribution in [0, 0.1) is 20.8 Å². The van der Waals surface area contributed by atoms with Crippen molar-refractivity contribution in [1.82, 2.24) is 0 Å². The highest BCUT2D eigenvalue weighted by Gasteiger charge is 2.49. The number of fused-ring (bicyclic) bond motifs is 3. The van der Waals surface area contributed by atoms with Gasteiger partial charge in [-0.25, -0.2) is 0 Å². The number of aliphatic carboxylic acids is 2. The highest BCUT2D eigenvalue weighted by atomic mass is 16.6. The third kappa shape index (κ3) is 17.8. The number of carbonyl (C=O) groups excluding carboxylic acids is 2. The van der Waals surface area contributed by atoms with Crippen LogP contribution in [0.2, 0.25) is 0 Å². The number of nitrogens with two attached hydrogens (primary N) is 1. The molecule has 3 aliphatic heterocycles. The van der Waals surface area contributed by atoms with E-state index in [2.05, 4.69) is 20.5 Å². The van der Waals surface area contributed by atoms with E-state index in [0.717, 1.165) is 0 Å². The molecule has 34 heteroatoms. The van der Waals surface area contributed by atoms with Crippen LogP contribution in [0.4, 0.5) is 0 Å². The molecule has 530 valence electrons. The van der Waals surface area contributed by atoms with Gasteiger partial charge in [0.05, 0.1) is 59.1 Å². The molecule has 97 heavy (non-hydrogen) atoms. The number of aliphatic hydroxyl groups is 12. The summed E-state index contributed by atoms with van der Waals surface area (Å²) in [7, 11) is 0. The molecule has 0 spiro atoms. The number of nitrogens with zero attached hydrogens (tertiary/aromatic N) is 2. The Labute approximate surface area is 547 Å². The fourth-order valence-corrected chi connectivity index (χ4v) is 11.1. The van der Waals surface area contributed by atoms with E-state index in [-0.39, 0.29) is 116 Å². The Morgan fingerprint density at radius 3 is 0.979 bits per heavy atom. The number of aromatic hydroxyl groups is 3. The van der Waals surface area contributed by atoms with Gasteiger partial charge in [-0.1, -0.05) is 0 Å². The number of ketones is 1. The van der Waals surface area contributed by atoms with Crippen LogP contribution >= 0.6 is 0 Å². The maximum Gasteiger partial charge on any atom is 0.325 e. The lowest BCUT2D eigenvalue weighted by Crippen LogP contribution is -2.55. The Hall–Kier alpha value is -8.53. The number of aryl methyl sites for hydroxylation is 3. The molecule has 15 atom stereocenters. The summed E-state index contributed by atoms with van der Waals surface area (Å²) in [5.41, 5.74) is 4.67. The molecule has 3 fully saturated rings. The number of carboxylic acid groups (broad SMARTS) is 2. The molecular formula is C63H77N3O31. The molecule has 0 saturated carbocycles. The van der Waals surface area contributed by atoms with Crippen molar-refractivity contribution in [2.75, 3.05) is 39.6 Å². The zero-order valence-electron chi connectivity index (χ0n) is 52.9. The first-order valence-corrected chi connectivity index (χ1v) is 29.6. The normalized spacial score (nSPS) is 25.8. The lowest BCUT2D eigenvalue weighted by molar-refractivity contribution is -0.231. The van der Waals surface area contributed by atoms with Crippen molar-refractivity contribution in [3.8, 4) is 17.2 Å². The molecular weight excluding hydrogens is 1290 g/mol. The minimum absolute atomic E-state index is 0.0152. The molecule has 9 rings (SSSR count). The van der Waals surface area contributed by atoms with Gasteiger partial charge in [0.15, 0.2) is 16.3 Å². The lowest BCUT2D eigenvalue weighted by atomic mass is 9.89. The van der Waals surface area contributed by atoms with E-state index in [9.17, 15) is 105 Å². The number of Topliss-reactive ketones (excluding diaryl/α,β-unsaturated/α-hetero) is 1. The molecule has 6 aromatic rings. The zero-order chi connectivity index (χ0) is 72.3. The van der Waals surface area contributed by atoms with Gasteiger partial charge in [0.1, 0.15) is 168 Å². The Bertz CT molecular complexity index is 3910. The molecule has 0 aliphatic carbocycles. The van der Waals surface area contributed by atoms with Gasteiger partial charge in [-0.15, -0.1) is 0 Å². The highest BCUT2D eigenvalue weighted by Crippen LogP contribution is 2.45. The van der Waals surface area contributed by atoms with Crippen LogP contribution in [-0.2, 0) is 57.4 Å². The second kappa shape index (κ2) is 33.6. The van der Waals surface area contributed by atoms with Gasteiger partial charge in [-0.3, -0.25) is 49.3 Å². The summed E-state index contributed by atoms with van der Waals surface area (Å²) in [4.78, 5) is 87.9. The maximum absolute atomic E-state index is 12.8. The van der Waals surface area contributed by atoms with Crippen molar-refractivity contribution in [3.05, 3.63) is 118 Å². The zero-order valence-corrected chi connectivity index (χ0v) is 52.9. The number of benzene rings is 3. The highest BCUT2D eigenvalue weighted by molar-refractivity contribution is 5.90. The van der Waals surface area contributed by atoms with Crippen molar-refractivity contribution < 1.29 is 138 Å². The lowest BCUT2D eigenvalue weighted by Gasteiger charge is -2.40. The van der Waals surface area contributed by atoms with Crippen molar-refractivity contribution in [2.24, 2.45) is 15.7 Å². The third-order valence-electron chi connectivity index (χ3n) is 15.7. The first-order chi connectivity index (χ1) is 45.7. The van der Waals surface area contributed by atoms with Gasteiger partial charge in [-0.2, -0.15) is 0 Å². The number of aliphatic imine (C=N–C) groups is 2. The second-order valence-corrected chi connectivity index (χ2v) is 23.0. The number of rotatable bonds is 18. The van der Waals surface area contributed by atoms with Gasteiger partial charge in [0, 0.05) is 42.5 Å². The summed E-state index contributed by atoms with van der Waals surface area (Å²) in [6.07, 6.45) is -22.9. The van der Waals surface area contributed by atoms with E-state index in [1.54, 1.807) is 34.6 Å². The molecule has 3 saturated heterocycles. The fourth-order valence-electron chi connectivity index (χ4n) is 11.1. The Morgan fingerprint density at radius 2 is 0.753 bits per heavy atom. The number of ether oxygens (including phenoxy) is 4. The predicted molar refractivity (Wildman–Crippen MR) is 334 cm³/mol. The SMILES string of the molecule is CC(=O)Cc1cc(=O)c2c(C)cc(O)c(C3OC(CO)C(O)C(O)C3O)c2o1.CC(Cc1cc(=O)c2c(C)cc(O)c(C3OC(CO)C(O)C(O)C3O)c2o1)=NCC(=O)O.CC(Cc1cc(=O)c2c(C)cc(O)c(C3OC(CO)C(O)C(O)C3O)c2o1)=NCC(=O)O.NCOC=O. The van der Waals surface area contributed by atoms with Gasteiger partial charge in [0.2, 0.25) is 0 Å². The number of carboxylic acids is 2. The van der Waals surface area contributed by atoms with E-state index < -0.39 is 153 Å². The summed E-state index contributed by atoms with van der Waals surface area (Å²) < 4.78 is 38.0. The third-order valence-corrected chi connectivity index (χ3v) is 15.7. The van der Waals surface area contributed by atoms with Crippen LogP contribution in [0.1, 0.15) is 89.7 Å². The monoisotopic (exact) mass is 1370 g/mol. The van der Waals surface area contributed by atoms with Gasteiger partial charge >= 0.3 is 11.9 Å². The molecule has 19 N–H and O–H groups in total. The molecule has 3 aromatic carbocycles. The summed E-state index contributed by atoms with van der Waals surface area (Å²) in [6, 6.07) is 7.50. The summed E-state index contributed by atoms with van der Waals surface area (Å²) in [5, 5.41) is 170. The number of hydrogen-bond acceptors (Lipinski definition) is 32. The van der Waals surface area contributed by atoms with Crippen molar-refractivity contribution in [1.29, 1.82) is 0 Å². The van der Waals surface area contributed by atoms with Crippen LogP contribution in [0.25, 0.3) is 32.9 Å². The quantitative estimate of drug-likeness (QED) is 0.0237. The summed E-state index contributed by atoms with van der Waals surface area (Å²) >= 11 is 0. The van der Waals surface area contributed by atoms with Crippen LogP contribution in [0.15, 0.2) is 74.0 Å². The van der Waals surface area contributed by atoms with Crippen molar-refractivity contribution >= 4 is 68.5 Å². The van der Waals surface area contributed by atoms with Crippen molar-refractivity contribution in [3.63, 3.8) is 0 Å². The van der Waals surface area contributed by atoms with Gasteiger partial charge in [0.25, 0.3) is 6.47 Å². The minimum atomic E-state index is -1.70. The van der Waals surface area contributed by atoms with Gasteiger partial charge < -0.3 is 119 Å². The molecule has 0 radical (unpaired) electrons. The molecule has 0 amide bonds. The number of aliphatic hydroxyl groups excluding tert-OH is 12. The van der Waals surface area contributed by atoms with E-state index in [0.29, 0.717) is 34.6 Å². The van der Waals surface area contributed by atoms with Crippen LogP contribution in [0.5, 0.6) is 17.2 Å². The number of phenols is 3. The van der Waals surface area contributed by atoms with E-state index in [1.807, 2.05) is 0 Å². The minimum Gasteiger partial charge on any atom is -0.507 e. The molecule has 3 aromatic heterocycles. The maximum atomic E-state index is 12.8. The summed E-state index contributed by atoms with van der Waals surface area (Å²) in [6.45, 7) is 6.62. The fraction of sp³-hybridized carbons (Fsp3) is 0.476. The smallest absolute Gasteiger partial charge is 0.325 e. The number of hydrogen-bond donors (Lipinski definition) is 18. The van der Waals surface area contributed by atoms with Crippen LogP contribution < -0.4 is 22.0 Å². The van der Waals surface area contributed by atoms with E-state index in [1.165, 1.54) is 43.3 Å². The average molecular weight is 1370 g/mol. The number of carbonyl (C=O) groups is 4. The molecule has 15 unspecified atom stereocenters. The molecule has 0 bridgehead atoms. The first kappa shape index (κ1) is 77.5. The standard InChI is InChI=1S/2C21H25NO10.C19H22O9.C2H5NO2/c2*1-8-3-11(24)16(21-19(30)18(29)17(28)13(7-23)32-21)20-15(8)12(25)5-10(31-20)4-9(2)22-6-14(26)27;1-7-3-10(22)14(19-17(26)16(25)15(24)12(6-20)28-19)18-13(7)11(23)5-9(27-18)4-8(2)21;3-1-5-2-4/h2*3,5,13,17-19,21,23-24,28-30H,4,6-7H2,1-2H3,(H,26,27);3,5,12,15-17,19-20,22,24-26H,4,6H2,1-2H3;2H,1,3H2.